The fraction of sp³-hybridized carbons (Fsp3) is 0.476. The first-order valence-corrected chi connectivity index (χ1v) is 10.5. The van der Waals surface area contributed by atoms with Gasteiger partial charge in [-0.05, 0) is 54.3 Å². The summed E-state index contributed by atoms with van der Waals surface area (Å²) in [5.74, 6) is 0.805. The van der Waals surface area contributed by atoms with Crippen LogP contribution < -0.4 is 0 Å². The van der Waals surface area contributed by atoms with E-state index in [1.807, 2.05) is 30.2 Å². The summed E-state index contributed by atoms with van der Waals surface area (Å²) < 4.78 is 0. The third kappa shape index (κ3) is 4.25. The molecule has 4 heteroatoms. The van der Waals surface area contributed by atoms with Gasteiger partial charge >= 0.3 is 0 Å². The maximum atomic E-state index is 4.28. The van der Waals surface area contributed by atoms with Gasteiger partial charge in [0.1, 0.15) is 0 Å². The van der Waals surface area contributed by atoms with Crippen LogP contribution in [0.2, 0.25) is 0 Å². The highest BCUT2D eigenvalue weighted by Gasteiger charge is 2.34. The Morgan fingerprint density at radius 1 is 1.04 bits per heavy atom. The maximum absolute atomic E-state index is 4.28. The maximum Gasteiger partial charge on any atom is 0.0312 e. The second kappa shape index (κ2) is 7.90. The van der Waals surface area contributed by atoms with Crippen molar-refractivity contribution in [3.63, 3.8) is 0 Å². The highest BCUT2D eigenvalue weighted by atomic mass is 32.2. The molecule has 0 amide bonds. The Bertz CT molecular complexity index is 691. The number of rotatable bonds is 5. The zero-order valence-electron chi connectivity index (χ0n) is 15.0. The Kier molecular flexibility index (Phi) is 5.39. The molecular weight excluding hydrogens is 326 g/mol. The molecule has 0 N–H and O–H groups in total. The number of thioether (sulfide) groups is 1. The number of nitrogens with zero attached hydrogens (tertiary/aromatic N) is 3. The van der Waals surface area contributed by atoms with Crippen LogP contribution in [-0.2, 0) is 13.1 Å². The molecular formula is C21H27N3S. The number of benzene rings is 1. The fourth-order valence-corrected chi connectivity index (χ4v) is 4.84. The van der Waals surface area contributed by atoms with E-state index in [1.54, 1.807) is 0 Å². The van der Waals surface area contributed by atoms with Gasteiger partial charge in [-0.2, -0.15) is 0 Å². The van der Waals surface area contributed by atoms with Gasteiger partial charge in [0.15, 0.2) is 0 Å². The summed E-state index contributed by atoms with van der Waals surface area (Å²) in [4.78, 5) is 11.0. The molecule has 1 aromatic heterocycles. The van der Waals surface area contributed by atoms with Gasteiger partial charge in [-0.15, -0.1) is 11.8 Å². The van der Waals surface area contributed by atoms with Gasteiger partial charge in [0.2, 0.25) is 0 Å². The van der Waals surface area contributed by atoms with E-state index in [1.165, 1.54) is 48.5 Å². The minimum atomic E-state index is 0.688. The minimum Gasteiger partial charge on any atom is -0.297 e. The lowest BCUT2D eigenvalue weighted by atomic mass is 9.94. The molecule has 0 unspecified atom stereocenters. The average molecular weight is 354 g/mol. The van der Waals surface area contributed by atoms with E-state index < -0.39 is 0 Å². The molecule has 0 radical (unpaired) electrons. The lowest BCUT2D eigenvalue weighted by molar-refractivity contribution is 0.123. The van der Waals surface area contributed by atoms with Crippen molar-refractivity contribution in [2.45, 2.75) is 36.9 Å². The summed E-state index contributed by atoms with van der Waals surface area (Å²) in [6.07, 6.45) is 8.76. The third-order valence-electron chi connectivity index (χ3n) is 5.55. The lowest BCUT2D eigenvalue weighted by Crippen LogP contribution is -2.43. The van der Waals surface area contributed by atoms with E-state index in [2.05, 4.69) is 51.4 Å². The fourth-order valence-electron chi connectivity index (χ4n) is 4.35. The first kappa shape index (κ1) is 17.1. The Labute approximate surface area is 155 Å². The molecule has 3 fully saturated rings. The molecule has 3 aliphatic heterocycles. The van der Waals surface area contributed by atoms with Crippen LogP contribution in [-0.4, -0.2) is 46.7 Å². The van der Waals surface area contributed by atoms with Crippen LogP contribution in [0.15, 0.2) is 53.7 Å². The highest BCUT2D eigenvalue weighted by Crippen LogP contribution is 2.30. The number of hydrogen-bond acceptors (Lipinski definition) is 4. The molecule has 3 aliphatic rings. The molecule has 0 aliphatic carbocycles. The standard InChI is InChI=1S/C21H27N3S/c1-25-21-6-2-4-17(10-21)14-24-15-19-7-8-20(24)16-23(13-19)12-18-5-3-9-22-11-18/h2-6,9-11,19-20H,7-8,12-16H2,1H3/t19-,20+/m0/s1. The Morgan fingerprint density at radius 2 is 1.96 bits per heavy atom. The van der Waals surface area contributed by atoms with Crippen molar-refractivity contribution in [2.75, 3.05) is 25.9 Å². The second-order valence-corrected chi connectivity index (χ2v) is 8.31. The monoisotopic (exact) mass is 353 g/mol. The predicted molar refractivity (Wildman–Crippen MR) is 105 cm³/mol. The van der Waals surface area contributed by atoms with Crippen molar-refractivity contribution < 1.29 is 0 Å². The van der Waals surface area contributed by atoms with Gasteiger partial charge in [0, 0.05) is 56.1 Å². The summed E-state index contributed by atoms with van der Waals surface area (Å²) in [6.45, 7) is 5.80. The largest absolute Gasteiger partial charge is 0.297 e. The molecule has 2 bridgehead atoms. The number of fused-ring (bicyclic) bond motifs is 4. The van der Waals surface area contributed by atoms with Crippen molar-refractivity contribution in [2.24, 2.45) is 5.92 Å². The van der Waals surface area contributed by atoms with Crippen LogP contribution in [0.5, 0.6) is 0 Å². The van der Waals surface area contributed by atoms with Crippen LogP contribution in [0.25, 0.3) is 0 Å². The molecule has 3 nitrogen and oxygen atoms in total. The highest BCUT2D eigenvalue weighted by molar-refractivity contribution is 7.98. The number of hydrogen-bond donors (Lipinski definition) is 0. The van der Waals surface area contributed by atoms with Crippen molar-refractivity contribution in [1.29, 1.82) is 0 Å². The van der Waals surface area contributed by atoms with Gasteiger partial charge in [0.25, 0.3) is 0 Å². The molecule has 1 aromatic carbocycles. The van der Waals surface area contributed by atoms with E-state index in [0.717, 1.165) is 19.0 Å². The average Bonchev–Trinajstić information content (AvgIpc) is 2.93. The van der Waals surface area contributed by atoms with Gasteiger partial charge < -0.3 is 0 Å². The molecule has 0 saturated carbocycles. The number of piperidine rings is 1. The lowest BCUT2D eigenvalue weighted by Gasteiger charge is -2.36. The predicted octanol–water partition coefficient (Wildman–Crippen LogP) is 3.90. The van der Waals surface area contributed by atoms with Crippen molar-refractivity contribution in [3.8, 4) is 0 Å². The van der Waals surface area contributed by atoms with Gasteiger partial charge in [-0.3, -0.25) is 14.8 Å². The van der Waals surface area contributed by atoms with Crippen molar-refractivity contribution in [1.82, 2.24) is 14.8 Å². The zero-order valence-corrected chi connectivity index (χ0v) is 15.8. The van der Waals surface area contributed by atoms with Gasteiger partial charge in [-0.25, -0.2) is 0 Å². The zero-order chi connectivity index (χ0) is 17.1. The molecule has 4 heterocycles. The van der Waals surface area contributed by atoms with E-state index in [9.17, 15) is 0 Å². The summed E-state index contributed by atoms with van der Waals surface area (Å²) in [6, 6.07) is 14.0. The number of pyridine rings is 1. The SMILES string of the molecule is CSc1cccc(CN2C[C@H]3CC[C@@H]2CN(Cc2cccnc2)C3)c1. The van der Waals surface area contributed by atoms with Crippen LogP contribution in [0.1, 0.15) is 24.0 Å². The smallest absolute Gasteiger partial charge is 0.0312 e. The van der Waals surface area contributed by atoms with Crippen LogP contribution in [0, 0.1) is 5.92 Å². The van der Waals surface area contributed by atoms with Gasteiger partial charge in [0.05, 0.1) is 0 Å². The summed E-state index contributed by atoms with van der Waals surface area (Å²) >= 11 is 1.83. The Balaban J connectivity index is 1.44. The molecule has 132 valence electrons. The van der Waals surface area contributed by atoms with E-state index in [0.29, 0.717) is 6.04 Å². The number of aromatic nitrogens is 1. The molecule has 2 atom stereocenters. The first-order valence-electron chi connectivity index (χ1n) is 9.28. The molecule has 3 saturated heterocycles. The first-order chi connectivity index (χ1) is 12.3. The van der Waals surface area contributed by atoms with Crippen molar-refractivity contribution in [3.05, 3.63) is 59.9 Å². The quantitative estimate of drug-likeness (QED) is 0.759. The molecule has 5 rings (SSSR count). The Morgan fingerprint density at radius 3 is 2.80 bits per heavy atom. The van der Waals surface area contributed by atoms with E-state index in [4.69, 9.17) is 0 Å². The van der Waals surface area contributed by atoms with Crippen LogP contribution >= 0.6 is 11.8 Å². The van der Waals surface area contributed by atoms with Crippen LogP contribution in [0.3, 0.4) is 0 Å². The molecule has 2 aromatic rings. The van der Waals surface area contributed by atoms with E-state index in [-0.39, 0.29) is 0 Å². The molecule has 25 heavy (non-hydrogen) atoms. The topological polar surface area (TPSA) is 19.4 Å². The summed E-state index contributed by atoms with van der Waals surface area (Å²) in [5.41, 5.74) is 2.79. The van der Waals surface area contributed by atoms with Crippen LogP contribution in [0.4, 0.5) is 0 Å². The Hall–Kier alpha value is -1.36. The van der Waals surface area contributed by atoms with Gasteiger partial charge in [-0.1, -0.05) is 18.2 Å². The molecule has 0 spiro atoms. The summed E-state index contributed by atoms with van der Waals surface area (Å²) in [5, 5.41) is 0. The normalized spacial score (nSPS) is 24.4. The minimum absolute atomic E-state index is 0.688. The van der Waals surface area contributed by atoms with Crippen molar-refractivity contribution >= 4 is 11.8 Å². The second-order valence-electron chi connectivity index (χ2n) is 7.43. The summed E-state index contributed by atoms with van der Waals surface area (Å²) in [7, 11) is 0. The third-order valence-corrected chi connectivity index (χ3v) is 6.28. The van der Waals surface area contributed by atoms with E-state index >= 15 is 0 Å².